The Hall–Kier alpha value is -1.10. The highest BCUT2D eigenvalue weighted by atomic mass is 16.2. The monoisotopic (exact) mass is 267 g/mol. The van der Waals surface area contributed by atoms with Crippen LogP contribution in [0.5, 0.6) is 0 Å². The van der Waals surface area contributed by atoms with Gasteiger partial charge in [-0.15, -0.1) is 0 Å². The molecule has 0 radical (unpaired) electrons. The van der Waals surface area contributed by atoms with Crippen molar-refractivity contribution in [3.8, 4) is 0 Å². The highest BCUT2D eigenvalue weighted by molar-refractivity contribution is 6.34. The molecule has 0 bridgehead atoms. The maximum Gasteiger partial charge on any atom is 0.312 e. The number of nitrogens with zero attached hydrogens (tertiary/aromatic N) is 3. The molecule has 2 aliphatic rings. The highest BCUT2D eigenvalue weighted by Crippen LogP contribution is 2.21. The first-order valence-corrected chi connectivity index (χ1v) is 7.34. The Kier molecular flexibility index (Phi) is 4.80. The van der Waals surface area contributed by atoms with Crippen molar-refractivity contribution in [2.75, 3.05) is 40.3 Å². The van der Waals surface area contributed by atoms with Gasteiger partial charge in [-0.2, -0.15) is 0 Å². The van der Waals surface area contributed by atoms with Gasteiger partial charge in [-0.25, -0.2) is 0 Å². The molecule has 1 saturated carbocycles. The summed E-state index contributed by atoms with van der Waals surface area (Å²) in [7, 11) is 3.82. The van der Waals surface area contributed by atoms with Crippen molar-refractivity contribution in [2.45, 2.75) is 38.1 Å². The summed E-state index contributed by atoms with van der Waals surface area (Å²) in [5.41, 5.74) is 0. The van der Waals surface area contributed by atoms with E-state index in [1.54, 1.807) is 16.8 Å². The zero-order chi connectivity index (χ0) is 13.8. The van der Waals surface area contributed by atoms with Gasteiger partial charge in [0.05, 0.1) is 0 Å². The average Bonchev–Trinajstić information content (AvgIpc) is 2.46. The van der Waals surface area contributed by atoms with Gasteiger partial charge >= 0.3 is 11.8 Å². The van der Waals surface area contributed by atoms with E-state index < -0.39 is 0 Å². The van der Waals surface area contributed by atoms with Gasteiger partial charge in [0.15, 0.2) is 0 Å². The number of piperazine rings is 1. The predicted molar refractivity (Wildman–Crippen MR) is 73.7 cm³/mol. The molecule has 0 N–H and O–H groups in total. The Balaban J connectivity index is 1.89. The molecule has 0 aromatic heterocycles. The number of carbonyl (C=O) groups is 2. The maximum absolute atomic E-state index is 12.2. The van der Waals surface area contributed by atoms with Gasteiger partial charge in [-0.3, -0.25) is 9.59 Å². The summed E-state index contributed by atoms with van der Waals surface area (Å²) in [4.78, 5) is 30.0. The Morgan fingerprint density at radius 1 is 1.00 bits per heavy atom. The van der Waals surface area contributed by atoms with Crippen LogP contribution >= 0.6 is 0 Å². The molecule has 108 valence electrons. The lowest BCUT2D eigenvalue weighted by Gasteiger charge is -2.35. The van der Waals surface area contributed by atoms with Gasteiger partial charge in [0.25, 0.3) is 0 Å². The Morgan fingerprint density at radius 2 is 1.58 bits per heavy atom. The van der Waals surface area contributed by atoms with Crippen molar-refractivity contribution in [1.29, 1.82) is 0 Å². The van der Waals surface area contributed by atoms with Crippen LogP contribution in [0.2, 0.25) is 0 Å². The molecular formula is C14H25N3O2. The van der Waals surface area contributed by atoms with Gasteiger partial charge < -0.3 is 14.7 Å². The first-order chi connectivity index (χ1) is 9.09. The summed E-state index contributed by atoms with van der Waals surface area (Å²) in [6.45, 7) is 3.04. The molecule has 1 saturated heterocycles. The van der Waals surface area contributed by atoms with Crippen LogP contribution in [0, 0.1) is 0 Å². The topological polar surface area (TPSA) is 43.9 Å². The smallest absolute Gasteiger partial charge is 0.312 e. The molecule has 0 atom stereocenters. The SMILES string of the molecule is CN1CCN(C(=O)C(=O)N(C)C2CCCCC2)CC1. The Bertz CT molecular complexity index is 332. The number of rotatable bonds is 1. The molecule has 2 fully saturated rings. The third kappa shape index (κ3) is 3.47. The van der Waals surface area contributed by atoms with Gasteiger partial charge in [0.2, 0.25) is 0 Å². The van der Waals surface area contributed by atoms with E-state index in [0.29, 0.717) is 13.1 Å². The molecule has 1 aliphatic heterocycles. The van der Waals surface area contributed by atoms with Crippen molar-refractivity contribution in [2.24, 2.45) is 0 Å². The van der Waals surface area contributed by atoms with Crippen LogP contribution in [-0.2, 0) is 9.59 Å². The van der Waals surface area contributed by atoms with E-state index in [0.717, 1.165) is 25.9 Å². The van der Waals surface area contributed by atoms with Crippen LogP contribution in [0.1, 0.15) is 32.1 Å². The third-order valence-corrected chi connectivity index (χ3v) is 4.42. The van der Waals surface area contributed by atoms with E-state index in [-0.39, 0.29) is 17.9 Å². The summed E-state index contributed by atoms with van der Waals surface area (Å²) in [5.74, 6) is -0.641. The summed E-state index contributed by atoms with van der Waals surface area (Å²) < 4.78 is 0. The van der Waals surface area contributed by atoms with E-state index in [4.69, 9.17) is 0 Å². The van der Waals surface area contributed by atoms with Gasteiger partial charge in [-0.1, -0.05) is 19.3 Å². The fraction of sp³-hybridized carbons (Fsp3) is 0.857. The fourth-order valence-corrected chi connectivity index (χ4v) is 2.93. The number of carbonyl (C=O) groups excluding carboxylic acids is 2. The first-order valence-electron chi connectivity index (χ1n) is 7.34. The molecule has 5 heteroatoms. The summed E-state index contributed by atoms with van der Waals surface area (Å²) in [6.07, 6.45) is 5.68. The summed E-state index contributed by atoms with van der Waals surface area (Å²) in [6, 6.07) is 0.262. The quantitative estimate of drug-likeness (QED) is 0.652. The lowest BCUT2D eigenvalue weighted by Crippen LogP contribution is -2.53. The maximum atomic E-state index is 12.2. The number of amides is 2. The van der Waals surface area contributed by atoms with Crippen LogP contribution in [-0.4, -0.2) is 72.8 Å². The lowest BCUT2D eigenvalue weighted by atomic mass is 9.94. The van der Waals surface area contributed by atoms with Crippen molar-refractivity contribution < 1.29 is 9.59 Å². The van der Waals surface area contributed by atoms with Crippen LogP contribution in [0.3, 0.4) is 0 Å². The zero-order valence-electron chi connectivity index (χ0n) is 12.1. The predicted octanol–water partition coefficient (Wildman–Crippen LogP) is 0.552. The minimum Gasteiger partial charge on any atom is -0.335 e. The second-order valence-electron chi connectivity index (χ2n) is 5.80. The minimum atomic E-state index is -0.323. The third-order valence-electron chi connectivity index (χ3n) is 4.42. The lowest BCUT2D eigenvalue weighted by molar-refractivity contribution is -0.153. The number of likely N-dealkylation sites (N-methyl/N-ethyl adjacent to an activating group) is 2. The molecule has 0 unspecified atom stereocenters. The van der Waals surface area contributed by atoms with Gasteiger partial charge in [-0.05, 0) is 19.9 Å². The van der Waals surface area contributed by atoms with Gasteiger partial charge in [0, 0.05) is 39.3 Å². The van der Waals surface area contributed by atoms with E-state index in [9.17, 15) is 9.59 Å². The largest absolute Gasteiger partial charge is 0.335 e. The Morgan fingerprint density at radius 3 is 2.16 bits per heavy atom. The van der Waals surface area contributed by atoms with Crippen molar-refractivity contribution in [3.05, 3.63) is 0 Å². The molecule has 2 rings (SSSR count). The second kappa shape index (κ2) is 6.37. The standard InChI is InChI=1S/C14H25N3O2/c1-15-8-10-17(11-9-15)14(19)13(18)16(2)12-6-4-3-5-7-12/h12H,3-11H2,1-2H3. The molecule has 2 amide bonds. The van der Waals surface area contributed by atoms with E-state index in [1.807, 2.05) is 7.05 Å². The van der Waals surface area contributed by atoms with Crippen molar-refractivity contribution in [1.82, 2.24) is 14.7 Å². The van der Waals surface area contributed by atoms with Crippen LogP contribution in [0.25, 0.3) is 0 Å². The second-order valence-corrected chi connectivity index (χ2v) is 5.80. The van der Waals surface area contributed by atoms with Crippen LogP contribution in [0.4, 0.5) is 0 Å². The molecule has 0 spiro atoms. The summed E-state index contributed by atoms with van der Waals surface area (Å²) in [5, 5.41) is 0. The zero-order valence-corrected chi connectivity index (χ0v) is 12.1. The van der Waals surface area contributed by atoms with E-state index >= 15 is 0 Å². The summed E-state index contributed by atoms with van der Waals surface area (Å²) >= 11 is 0. The molecule has 1 aliphatic carbocycles. The Labute approximate surface area is 115 Å². The molecule has 0 aromatic rings. The molecule has 5 nitrogen and oxygen atoms in total. The highest BCUT2D eigenvalue weighted by Gasteiger charge is 2.30. The van der Waals surface area contributed by atoms with Gasteiger partial charge in [0.1, 0.15) is 0 Å². The van der Waals surface area contributed by atoms with Crippen LogP contribution in [0.15, 0.2) is 0 Å². The minimum absolute atomic E-state index is 0.262. The van der Waals surface area contributed by atoms with Crippen molar-refractivity contribution in [3.63, 3.8) is 0 Å². The van der Waals surface area contributed by atoms with Crippen molar-refractivity contribution >= 4 is 11.8 Å². The first kappa shape index (κ1) is 14.3. The normalized spacial score (nSPS) is 22.3. The average molecular weight is 267 g/mol. The molecule has 1 heterocycles. The van der Waals surface area contributed by atoms with E-state index in [1.165, 1.54) is 19.3 Å². The molecular weight excluding hydrogens is 242 g/mol. The molecule has 19 heavy (non-hydrogen) atoms. The molecule has 0 aromatic carbocycles. The number of hydrogen-bond donors (Lipinski definition) is 0. The fourth-order valence-electron chi connectivity index (χ4n) is 2.93. The van der Waals surface area contributed by atoms with Crippen LogP contribution < -0.4 is 0 Å². The van der Waals surface area contributed by atoms with E-state index in [2.05, 4.69) is 4.90 Å². The number of hydrogen-bond acceptors (Lipinski definition) is 3.